The van der Waals surface area contributed by atoms with Crippen molar-refractivity contribution in [2.24, 2.45) is 5.10 Å². The molecule has 0 aliphatic carbocycles. The summed E-state index contributed by atoms with van der Waals surface area (Å²) in [5, 5.41) is 13.8. The molecule has 0 atom stereocenters. The second-order valence-corrected chi connectivity index (χ2v) is 8.83. The van der Waals surface area contributed by atoms with Gasteiger partial charge in [0, 0.05) is 15.6 Å². The summed E-state index contributed by atoms with van der Waals surface area (Å²) in [7, 11) is 0. The average Bonchev–Trinajstić information content (AvgIpc) is 2.86. The summed E-state index contributed by atoms with van der Waals surface area (Å²) in [6.45, 7) is 2.37. The van der Waals surface area contributed by atoms with E-state index in [1.807, 2.05) is 19.1 Å². The molecule has 1 N–H and O–H groups in total. The highest BCUT2D eigenvalue weighted by Gasteiger charge is 2.18. The molecule has 0 saturated carbocycles. The highest BCUT2D eigenvalue weighted by molar-refractivity contribution is 9.13. The van der Waals surface area contributed by atoms with Crippen LogP contribution in [-0.4, -0.2) is 22.5 Å². The van der Waals surface area contributed by atoms with Crippen LogP contribution in [0.5, 0.6) is 11.5 Å². The van der Waals surface area contributed by atoms with Gasteiger partial charge in [0.1, 0.15) is 6.61 Å². The third kappa shape index (κ3) is 5.06. The van der Waals surface area contributed by atoms with Crippen molar-refractivity contribution in [3.8, 4) is 17.6 Å². The molecule has 0 amide bonds. The number of ether oxygens (including phenoxy) is 2. The second kappa shape index (κ2) is 10.7. The van der Waals surface area contributed by atoms with Gasteiger partial charge in [-0.05, 0) is 63.0 Å². The van der Waals surface area contributed by atoms with Crippen molar-refractivity contribution in [1.29, 1.82) is 5.26 Å². The molecule has 10 heteroatoms. The van der Waals surface area contributed by atoms with E-state index in [1.54, 1.807) is 42.5 Å². The lowest BCUT2D eigenvalue weighted by Crippen LogP contribution is -2.32. The molecule has 1 aromatic heterocycles. The summed E-state index contributed by atoms with van der Waals surface area (Å²) in [6, 6.07) is 17.7. The minimum Gasteiger partial charge on any atom is -0.490 e. The van der Waals surface area contributed by atoms with E-state index in [-0.39, 0.29) is 6.61 Å². The summed E-state index contributed by atoms with van der Waals surface area (Å²) in [5.41, 5.74) is 1.07. The summed E-state index contributed by atoms with van der Waals surface area (Å²) in [6.07, 6.45) is 1.39. The number of rotatable bonds is 7. The van der Waals surface area contributed by atoms with E-state index in [2.05, 4.69) is 48.0 Å². The van der Waals surface area contributed by atoms with Crippen molar-refractivity contribution in [3.63, 3.8) is 0 Å². The zero-order chi connectivity index (χ0) is 24.9. The molecule has 0 spiro atoms. The van der Waals surface area contributed by atoms with Crippen LogP contribution in [0.4, 0.5) is 0 Å². The topological polar surface area (TPSA) is 109 Å². The largest absolute Gasteiger partial charge is 0.490 e. The van der Waals surface area contributed by atoms with Crippen LogP contribution in [0.3, 0.4) is 0 Å². The maximum atomic E-state index is 12.8. The molecule has 0 radical (unpaired) electrons. The summed E-state index contributed by atoms with van der Waals surface area (Å²) >= 11 is 7.06. The molecule has 1 heterocycles. The molecule has 0 saturated heterocycles. The van der Waals surface area contributed by atoms with Gasteiger partial charge in [-0.25, -0.2) is 4.79 Å². The Bertz CT molecular complexity index is 1600. The molecule has 0 aliphatic heterocycles. The standard InChI is InChI=1S/C25H18Br2N4O4/c1-2-34-20-11-17(13-29-31-24(32)18-9-5-6-10-19(18)30-25(31)33)21(26)22(27)23(20)35-14-16-8-4-3-7-15(16)12-28/h3-11,13H,2,14H2,1H3,(H,30,33). The number of fused-ring (bicyclic) bond motifs is 1. The van der Waals surface area contributed by atoms with Crippen LogP contribution in [0.15, 0.2) is 78.2 Å². The fourth-order valence-electron chi connectivity index (χ4n) is 3.38. The SMILES string of the molecule is CCOc1cc(C=Nn2c(=O)[nH]c3ccccc3c2=O)c(Br)c(Br)c1OCc1ccccc1C#N. The number of benzene rings is 3. The molecule has 8 nitrogen and oxygen atoms in total. The lowest BCUT2D eigenvalue weighted by atomic mass is 10.1. The van der Waals surface area contributed by atoms with Crippen LogP contribution in [0.2, 0.25) is 0 Å². The number of nitrogens with one attached hydrogen (secondary N) is 1. The predicted molar refractivity (Wildman–Crippen MR) is 140 cm³/mol. The number of nitrogens with zero attached hydrogens (tertiary/aromatic N) is 3. The number of aromatic amines is 1. The minimum atomic E-state index is -0.652. The lowest BCUT2D eigenvalue weighted by Gasteiger charge is -2.16. The smallest absolute Gasteiger partial charge is 0.349 e. The van der Waals surface area contributed by atoms with Gasteiger partial charge in [0.15, 0.2) is 11.5 Å². The third-order valence-electron chi connectivity index (χ3n) is 5.06. The summed E-state index contributed by atoms with van der Waals surface area (Å²) in [4.78, 5) is 27.8. The van der Waals surface area contributed by atoms with Gasteiger partial charge in [-0.2, -0.15) is 10.4 Å². The predicted octanol–water partition coefficient (Wildman–Crippen LogP) is 4.95. The van der Waals surface area contributed by atoms with E-state index in [0.717, 1.165) is 10.2 Å². The van der Waals surface area contributed by atoms with Crippen molar-refractivity contribution in [2.75, 3.05) is 6.61 Å². The number of hydrogen-bond acceptors (Lipinski definition) is 6. The lowest BCUT2D eigenvalue weighted by molar-refractivity contribution is 0.267. The first kappa shape index (κ1) is 24.4. The van der Waals surface area contributed by atoms with Crippen molar-refractivity contribution < 1.29 is 9.47 Å². The number of halogens is 2. The van der Waals surface area contributed by atoms with Gasteiger partial charge in [-0.1, -0.05) is 30.3 Å². The Morgan fingerprint density at radius 3 is 2.60 bits per heavy atom. The quantitative estimate of drug-likeness (QED) is 0.303. The Balaban J connectivity index is 1.72. The van der Waals surface area contributed by atoms with E-state index in [4.69, 9.17) is 9.47 Å². The first-order valence-corrected chi connectivity index (χ1v) is 12.1. The Morgan fingerprint density at radius 1 is 1.09 bits per heavy atom. The molecule has 3 aromatic carbocycles. The van der Waals surface area contributed by atoms with Crippen LogP contribution in [-0.2, 0) is 6.61 Å². The molecule has 176 valence electrons. The molecule has 0 aliphatic rings. The van der Waals surface area contributed by atoms with Crippen molar-refractivity contribution in [1.82, 2.24) is 9.66 Å². The zero-order valence-corrected chi connectivity index (χ0v) is 21.6. The number of H-pyrrole nitrogens is 1. The van der Waals surface area contributed by atoms with E-state index < -0.39 is 11.2 Å². The van der Waals surface area contributed by atoms with Crippen LogP contribution >= 0.6 is 31.9 Å². The van der Waals surface area contributed by atoms with Crippen molar-refractivity contribution >= 4 is 49.0 Å². The monoisotopic (exact) mass is 596 g/mol. The minimum absolute atomic E-state index is 0.157. The molecule has 0 bridgehead atoms. The molecule has 0 unspecified atom stereocenters. The van der Waals surface area contributed by atoms with Crippen molar-refractivity contribution in [2.45, 2.75) is 13.5 Å². The Labute approximate surface area is 216 Å². The average molecular weight is 598 g/mol. The zero-order valence-electron chi connectivity index (χ0n) is 18.4. The molecule has 4 rings (SSSR count). The van der Waals surface area contributed by atoms with Crippen LogP contribution in [0, 0.1) is 11.3 Å². The Morgan fingerprint density at radius 2 is 1.83 bits per heavy atom. The van der Waals surface area contributed by atoms with Crippen LogP contribution in [0.25, 0.3) is 10.9 Å². The summed E-state index contributed by atoms with van der Waals surface area (Å²) in [5.74, 6) is 0.863. The Hall–Kier alpha value is -3.68. The van der Waals surface area contributed by atoms with E-state index in [0.29, 0.717) is 49.1 Å². The normalized spacial score (nSPS) is 11.0. The molecule has 0 fully saturated rings. The molecular weight excluding hydrogens is 580 g/mol. The van der Waals surface area contributed by atoms with E-state index in [9.17, 15) is 14.9 Å². The second-order valence-electron chi connectivity index (χ2n) is 7.25. The van der Waals surface area contributed by atoms with Crippen LogP contribution < -0.4 is 20.7 Å². The first-order valence-electron chi connectivity index (χ1n) is 10.5. The molecule has 35 heavy (non-hydrogen) atoms. The van der Waals surface area contributed by atoms with Gasteiger partial charge in [-0.15, -0.1) is 4.68 Å². The van der Waals surface area contributed by atoms with Gasteiger partial charge >= 0.3 is 5.69 Å². The van der Waals surface area contributed by atoms with Crippen molar-refractivity contribution in [3.05, 3.63) is 101 Å². The fourth-order valence-corrected chi connectivity index (χ4v) is 4.31. The highest BCUT2D eigenvalue weighted by Crippen LogP contribution is 2.43. The van der Waals surface area contributed by atoms with Crippen LogP contribution in [0.1, 0.15) is 23.6 Å². The number of aromatic nitrogens is 2. The van der Waals surface area contributed by atoms with Gasteiger partial charge in [0.25, 0.3) is 5.56 Å². The maximum absolute atomic E-state index is 12.8. The molecular formula is C25H18Br2N4O4. The van der Waals surface area contributed by atoms with E-state index in [1.165, 1.54) is 6.21 Å². The van der Waals surface area contributed by atoms with Gasteiger partial charge < -0.3 is 14.5 Å². The van der Waals surface area contributed by atoms with Gasteiger partial charge in [-0.3, -0.25) is 4.79 Å². The highest BCUT2D eigenvalue weighted by atomic mass is 79.9. The first-order chi connectivity index (χ1) is 16.9. The van der Waals surface area contributed by atoms with Gasteiger partial charge in [0.2, 0.25) is 0 Å². The number of hydrogen-bond donors (Lipinski definition) is 1. The van der Waals surface area contributed by atoms with Gasteiger partial charge in [0.05, 0.1) is 39.8 Å². The Kier molecular flexibility index (Phi) is 7.48. The number of para-hydroxylation sites is 1. The number of nitriles is 1. The maximum Gasteiger partial charge on any atom is 0.349 e. The molecule has 4 aromatic rings. The fraction of sp³-hybridized carbons (Fsp3) is 0.120. The third-order valence-corrected chi connectivity index (χ3v) is 7.20. The summed E-state index contributed by atoms with van der Waals surface area (Å²) < 4.78 is 13.7. The van der Waals surface area contributed by atoms with E-state index >= 15 is 0 Å².